The topological polar surface area (TPSA) is 18.5 Å². The van der Waals surface area contributed by atoms with E-state index >= 15 is 0 Å². The lowest BCUT2D eigenvalue weighted by molar-refractivity contribution is -0.193. The highest BCUT2D eigenvalue weighted by Gasteiger charge is 2.72. The average Bonchev–Trinajstić information content (AvgIpc) is 2.96. The second-order valence-electron chi connectivity index (χ2n) is 7.21. The molecule has 4 rings (SSSR count). The van der Waals surface area contributed by atoms with Crippen LogP contribution in [0.3, 0.4) is 0 Å². The van der Waals surface area contributed by atoms with Crippen LogP contribution in [0.5, 0.6) is 0 Å². The van der Waals surface area contributed by atoms with E-state index in [0.29, 0.717) is 5.92 Å². The van der Waals surface area contributed by atoms with Gasteiger partial charge in [-0.05, 0) is 44.6 Å². The summed E-state index contributed by atoms with van der Waals surface area (Å²) in [5.74, 6) is 0.192. The molecule has 1 aromatic rings. The summed E-state index contributed by atoms with van der Waals surface area (Å²) in [5, 5.41) is 0. The minimum Gasteiger partial charge on any atom is -0.344 e. The molecule has 0 radical (unpaired) electrons. The van der Waals surface area contributed by atoms with Gasteiger partial charge >= 0.3 is 0 Å². The van der Waals surface area contributed by atoms with Gasteiger partial charge < -0.3 is 9.47 Å². The third-order valence-corrected chi connectivity index (χ3v) is 5.53. The second kappa shape index (κ2) is 3.42. The summed E-state index contributed by atoms with van der Waals surface area (Å²) in [6.07, 6.45) is 4.00. The van der Waals surface area contributed by atoms with Crippen molar-refractivity contribution in [3.8, 4) is 0 Å². The highest BCUT2D eigenvalue weighted by molar-refractivity contribution is 5.34. The maximum absolute atomic E-state index is 6.56. The predicted molar refractivity (Wildman–Crippen MR) is 73.6 cm³/mol. The molecule has 3 aliphatic rings. The number of fused-ring (bicyclic) bond motifs is 5. The van der Waals surface area contributed by atoms with Crippen LogP contribution < -0.4 is 0 Å². The molecule has 0 amide bonds. The summed E-state index contributed by atoms with van der Waals surface area (Å²) in [5.41, 5.74) is 1.29. The minimum atomic E-state index is -0.467. The molecule has 0 N–H and O–H groups in total. The quantitative estimate of drug-likeness (QED) is 0.761. The molecule has 2 bridgehead atoms. The fourth-order valence-corrected chi connectivity index (χ4v) is 4.89. The molecule has 1 aromatic carbocycles. The van der Waals surface area contributed by atoms with Crippen molar-refractivity contribution in [1.29, 1.82) is 0 Å². The molecule has 1 aliphatic heterocycles. The van der Waals surface area contributed by atoms with Crippen LogP contribution in [0.2, 0.25) is 0 Å². The molecule has 102 valence electrons. The lowest BCUT2D eigenvalue weighted by Gasteiger charge is -2.44. The molecule has 0 unspecified atom stereocenters. The van der Waals surface area contributed by atoms with Crippen LogP contribution in [-0.2, 0) is 15.1 Å². The Labute approximate surface area is 115 Å². The van der Waals surface area contributed by atoms with E-state index in [1.807, 2.05) is 0 Å². The van der Waals surface area contributed by atoms with Crippen LogP contribution >= 0.6 is 0 Å². The molecule has 2 aliphatic carbocycles. The first kappa shape index (κ1) is 11.9. The van der Waals surface area contributed by atoms with Gasteiger partial charge in [0.15, 0.2) is 5.79 Å². The summed E-state index contributed by atoms with van der Waals surface area (Å²) in [6.45, 7) is 6.50. The Morgan fingerprint density at radius 2 is 1.84 bits per heavy atom. The first-order valence-electron chi connectivity index (χ1n) is 7.40. The van der Waals surface area contributed by atoms with Crippen molar-refractivity contribution < 1.29 is 9.47 Å². The van der Waals surface area contributed by atoms with Crippen molar-refractivity contribution in [1.82, 2.24) is 0 Å². The molecule has 2 saturated carbocycles. The molecule has 4 atom stereocenters. The van der Waals surface area contributed by atoms with Gasteiger partial charge in [0.05, 0.1) is 6.10 Å². The smallest absolute Gasteiger partial charge is 0.164 e. The summed E-state index contributed by atoms with van der Waals surface area (Å²) in [4.78, 5) is 0. The summed E-state index contributed by atoms with van der Waals surface area (Å²) in [7, 11) is 0. The van der Waals surface area contributed by atoms with Crippen LogP contribution in [0.25, 0.3) is 0 Å². The van der Waals surface area contributed by atoms with E-state index in [-0.39, 0.29) is 17.1 Å². The largest absolute Gasteiger partial charge is 0.344 e. The van der Waals surface area contributed by atoms with Gasteiger partial charge in [0.1, 0.15) is 5.60 Å². The molecule has 19 heavy (non-hydrogen) atoms. The molecule has 2 heteroatoms. The van der Waals surface area contributed by atoms with Gasteiger partial charge in [-0.2, -0.15) is 0 Å². The normalized spacial score (nSPS) is 46.5. The van der Waals surface area contributed by atoms with E-state index in [9.17, 15) is 0 Å². The molecular weight excluding hydrogens is 236 g/mol. The SMILES string of the molecule is CC1(C)O[C@@H]2[C@H]3CC[C@@](C)(C3)[C@]2(c2ccccc2)O1. The zero-order valence-corrected chi connectivity index (χ0v) is 12.0. The number of hydrogen-bond acceptors (Lipinski definition) is 2. The zero-order chi connectivity index (χ0) is 13.3. The Morgan fingerprint density at radius 3 is 2.58 bits per heavy atom. The summed E-state index contributed by atoms with van der Waals surface area (Å²) in [6, 6.07) is 10.7. The number of rotatable bonds is 1. The molecule has 0 spiro atoms. The van der Waals surface area contributed by atoms with Gasteiger partial charge in [-0.3, -0.25) is 0 Å². The predicted octanol–water partition coefficient (Wildman–Crippen LogP) is 3.85. The zero-order valence-electron chi connectivity index (χ0n) is 12.0. The van der Waals surface area contributed by atoms with Crippen molar-refractivity contribution in [3.63, 3.8) is 0 Å². The van der Waals surface area contributed by atoms with Crippen molar-refractivity contribution >= 4 is 0 Å². The van der Waals surface area contributed by atoms with E-state index in [1.165, 1.54) is 24.8 Å². The minimum absolute atomic E-state index is 0.220. The molecule has 3 fully saturated rings. The van der Waals surface area contributed by atoms with Gasteiger partial charge in [-0.25, -0.2) is 0 Å². The van der Waals surface area contributed by atoms with Crippen LogP contribution in [0, 0.1) is 11.3 Å². The third-order valence-electron chi connectivity index (χ3n) is 5.53. The van der Waals surface area contributed by atoms with Crippen LogP contribution in [0.1, 0.15) is 45.6 Å². The van der Waals surface area contributed by atoms with Crippen LogP contribution in [0.4, 0.5) is 0 Å². The van der Waals surface area contributed by atoms with Crippen molar-refractivity contribution in [2.75, 3.05) is 0 Å². The van der Waals surface area contributed by atoms with Gasteiger partial charge in [0, 0.05) is 5.41 Å². The van der Waals surface area contributed by atoms with Crippen molar-refractivity contribution in [2.24, 2.45) is 11.3 Å². The first-order chi connectivity index (χ1) is 8.97. The molecule has 0 aromatic heterocycles. The Balaban J connectivity index is 1.91. The molecule has 1 saturated heterocycles. The van der Waals surface area contributed by atoms with E-state index in [0.717, 1.165) is 0 Å². The van der Waals surface area contributed by atoms with Crippen LogP contribution in [-0.4, -0.2) is 11.9 Å². The fourth-order valence-electron chi connectivity index (χ4n) is 4.89. The van der Waals surface area contributed by atoms with Crippen LogP contribution in [0.15, 0.2) is 30.3 Å². The number of hydrogen-bond donors (Lipinski definition) is 0. The van der Waals surface area contributed by atoms with E-state index < -0.39 is 5.79 Å². The second-order valence-corrected chi connectivity index (χ2v) is 7.21. The average molecular weight is 258 g/mol. The standard InChI is InChI=1S/C17H22O2/c1-15(2)18-14-12-9-10-16(3,11-12)17(14,19-15)13-7-5-4-6-8-13/h4-8,12,14H,9-11H2,1-3H3/t12-,14+,16-,17+/m0/s1. The van der Waals surface area contributed by atoms with Crippen molar-refractivity contribution in [3.05, 3.63) is 35.9 Å². The van der Waals surface area contributed by atoms with Gasteiger partial charge in [-0.15, -0.1) is 0 Å². The van der Waals surface area contributed by atoms with Gasteiger partial charge in [-0.1, -0.05) is 37.3 Å². The van der Waals surface area contributed by atoms with Gasteiger partial charge in [0.2, 0.25) is 0 Å². The molecule has 2 nitrogen and oxygen atoms in total. The van der Waals surface area contributed by atoms with E-state index in [4.69, 9.17) is 9.47 Å². The fraction of sp³-hybridized carbons (Fsp3) is 0.647. The molecule has 1 heterocycles. The third kappa shape index (κ3) is 1.34. The molecular formula is C17H22O2. The Kier molecular flexibility index (Phi) is 2.15. The van der Waals surface area contributed by atoms with E-state index in [2.05, 4.69) is 51.1 Å². The first-order valence-corrected chi connectivity index (χ1v) is 7.40. The van der Waals surface area contributed by atoms with E-state index in [1.54, 1.807) is 0 Å². The van der Waals surface area contributed by atoms with Gasteiger partial charge in [0.25, 0.3) is 0 Å². The maximum Gasteiger partial charge on any atom is 0.164 e. The monoisotopic (exact) mass is 258 g/mol. The summed E-state index contributed by atoms with van der Waals surface area (Å²) < 4.78 is 12.9. The van der Waals surface area contributed by atoms with Crippen molar-refractivity contribution in [2.45, 2.75) is 57.5 Å². The highest BCUT2D eigenvalue weighted by atomic mass is 16.8. The maximum atomic E-state index is 6.56. The lowest BCUT2D eigenvalue weighted by Crippen LogP contribution is -2.48. The Bertz CT molecular complexity index is 509. The Morgan fingerprint density at radius 1 is 1.11 bits per heavy atom. The number of ether oxygens (including phenoxy) is 2. The lowest BCUT2D eigenvalue weighted by atomic mass is 9.68. The highest BCUT2D eigenvalue weighted by Crippen LogP contribution is 2.70. The number of benzene rings is 1. The summed E-state index contributed by atoms with van der Waals surface area (Å²) >= 11 is 0. The Hall–Kier alpha value is -0.860.